The summed E-state index contributed by atoms with van der Waals surface area (Å²) >= 11 is 0. The Labute approximate surface area is 91.1 Å². The highest BCUT2D eigenvalue weighted by Gasteiger charge is 1.97. The van der Waals surface area contributed by atoms with Crippen LogP contribution in [0.25, 0.3) is 0 Å². The third-order valence-corrected chi connectivity index (χ3v) is 4.19. The van der Waals surface area contributed by atoms with Crippen LogP contribution in [-0.2, 0) is 6.42 Å². The molecule has 0 aliphatic carbocycles. The Hall–Kier alpha value is -0.430. The topological polar surface area (TPSA) is 0 Å². The summed E-state index contributed by atoms with van der Waals surface area (Å²) < 4.78 is 0. The van der Waals surface area contributed by atoms with E-state index in [1.54, 1.807) is 0 Å². The SMILES string of the molecule is [CH2][SH](CCCC)CCc1ccccc1. The van der Waals surface area contributed by atoms with Gasteiger partial charge in [0.05, 0.1) is 0 Å². The van der Waals surface area contributed by atoms with Crippen LogP contribution in [0.3, 0.4) is 0 Å². The van der Waals surface area contributed by atoms with E-state index >= 15 is 0 Å². The van der Waals surface area contributed by atoms with Crippen molar-refractivity contribution in [1.82, 2.24) is 0 Å². The van der Waals surface area contributed by atoms with E-state index in [0.29, 0.717) is 0 Å². The number of benzene rings is 1. The predicted octanol–water partition coefficient (Wildman–Crippen LogP) is 3.82. The third kappa shape index (κ3) is 4.71. The van der Waals surface area contributed by atoms with Gasteiger partial charge in [-0.1, -0.05) is 43.7 Å². The summed E-state index contributed by atoms with van der Waals surface area (Å²) in [5, 5.41) is 0. The van der Waals surface area contributed by atoms with Crippen LogP contribution >= 0.6 is 10.9 Å². The number of unbranched alkanes of at least 4 members (excludes halogenated alkanes) is 1. The zero-order valence-electron chi connectivity index (χ0n) is 9.08. The third-order valence-electron chi connectivity index (χ3n) is 2.39. The van der Waals surface area contributed by atoms with Crippen LogP contribution in [0.15, 0.2) is 30.3 Å². The van der Waals surface area contributed by atoms with Gasteiger partial charge in [-0.3, -0.25) is 10.9 Å². The largest absolute Gasteiger partial charge is 0.252 e. The number of rotatable bonds is 6. The van der Waals surface area contributed by atoms with Crippen LogP contribution < -0.4 is 0 Å². The Bertz CT molecular complexity index is 230. The summed E-state index contributed by atoms with van der Waals surface area (Å²) in [6.07, 6.45) is 8.12. The maximum atomic E-state index is 4.26. The molecule has 0 spiro atoms. The van der Waals surface area contributed by atoms with Crippen molar-refractivity contribution in [2.75, 3.05) is 11.5 Å². The van der Waals surface area contributed by atoms with Crippen molar-refractivity contribution in [3.05, 3.63) is 42.2 Å². The van der Waals surface area contributed by atoms with Crippen LogP contribution in [0.1, 0.15) is 25.3 Å². The highest BCUT2D eigenvalue weighted by Crippen LogP contribution is 2.25. The molecule has 1 aromatic carbocycles. The smallest absolute Gasteiger partial charge is 0.0178 e. The molecule has 0 N–H and O–H groups in total. The summed E-state index contributed by atoms with van der Waals surface area (Å²) in [7, 11) is 0.0399. The number of hydrogen-bond acceptors (Lipinski definition) is 0. The first-order valence-corrected chi connectivity index (χ1v) is 7.32. The summed E-state index contributed by atoms with van der Waals surface area (Å²) in [5.74, 6) is 2.64. The molecule has 14 heavy (non-hydrogen) atoms. The quantitative estimate of drug-likeness (QED) is 0.677. The molecule has 0 heterocycles. The molecule has 79 valence electrons. The van der Waals surface area contributed by atoms with Gasteiger partial charge >= 0.3 is 0 Å². The molecule has 1 rings (SSSR count). The number of thiol groups is 1. The standard InChI is InChI=1S/C13H21S/c1-3-4-11-14(2)12-10-13-8-6-5-7-9-13/h5-9,14H,2-4,10-12H2,1H3. The van der Waals surface area contributed by atoms with Crippen molar-refractivity contribution < 1.29 is 0 Å². The monoisotopic (exact) mass is 209 g/mol. The molecule has 0 amide bonds. The second-order valence-electron chi connectivity index (χ2n) is 3.71. The molecular formula is C13H21S. The number of hydrogen-bond donors (Lipinski definition) is 1. The van der Waals surface area contributed by atoms with E-state index in [1.165, 1.54) is 36.3 Å². The molecule has 0 aliphatic heterocycles. The van der Waals surface area contributed by atoms with Crippen molar-refractivity contribution in [3.63, 3.8) is 0 Å². The Morgan fingerprint density at radius 3 is 2.50 bits per heavy atom. The maximum Gasteiger partial charge on any atom is -0.0178 e. The lowest BCUT2D eigenvalue weighted by Gasteiger charge is -2.14. The zero-order chi connectivity index (χ0) is 10.2. The Balaban J connectivity index is 2.20. The van der Waals surface area contributed by atoms with E-state index in [0.717, 1.165) is 0 Å². The second-order valence-corrected chi connectivity index (χ2v) is 5.94. The van der Waals surface area contributed by atoms with Crippen molar-refractivity contribution in [2.24, 2.45) is 0 Å². The highest BCUT2D eigenvalue weighted by molar-refractivity contribution is 8.18. The lowest BCUT2D eigenvalue weighted by molar-refractivity contribution is 0.893. The van der Waals surface area contributed by atoms with Gasteiger partial charge in [0, 0.05) is 0 Å². The molecule has 0 aliphatic rings. The van der Waals surface area contributed by atoms with Gasteiger partial charge in [-0.05, 0) is 36.2 Å². The molecule has 0 saturated heterocycles. The summed E-state index contributed by atoms with van der Waals surface area (Å²) in [6, 6.07) is 10.7. The van der Waals surface area contributed by atoms with Crippen LogP contribution in [0.4, 0.5) is 0 Å². The molecule has 0 fully saturated rings. The predicted molar refractivity (Wildman–Crippen MR) is 69.1 cm³/mol. The van der Waals surface area contributed by atoms with Crippen molar-refractivity contribution in [2.45, 2.75) is 26.2 Å². The zero-order valence-corrected chi connectivity index (χ0v) is 9.97. The van der Waals surface area contributed by atoms with E-state index in [9.17, 15) is 0 Å². The van der Waals surface area contributed by atoms with E-state index in [-0.39, 0.29) is 10.9 Å². The van der Waals surface area contributed by atoms with Gasteiger partial charge in [-0.25, -0.2) is 0 Å². The Morgan fingerprint density at radius 2 is 1.86 bits per heavy atom. The highest BCUT2D eigenvalue weighted by atomic mass is 32.2. The molecule has 1 atom stereocenters. The molecule has 1 aromatic rings. The minimum atomic E-state index is 0.0399. The first-order valence-electron chi connectivity index (χ1n) is 5.42. The van der Waals surface area contributed by atoms with Crippen LogP contribution in [0.2, 0.25) is 0 Å². The fourth-order valence-corrected chi connectivity index (χ4v) is 2.99. The molecule has 0 bridgehead atoms. The molecule has 0 aromatic heterocycles. The molecule has 0 nitrogen and oxygen atoms in total. The van der Waals surface area contributed by atoms with Crippen LogP contribution in [0.5, 0.6) is 0 Å². The minimum Gasteiger partial charge on any atom is -0.252 e. The van der Waals surface area contributed by atoms with E-state index < -0.39 is 0 Å². The summed E-state index contributed by atoms with van der Waals surface area (Å²) in [5.41, 5.74) is 1.46. The Morgan fingerprint density at radius 1 is 1.14 bits per heavy atom. The van der Waals surface area contributed by atoms with E-state index in [4.69, 9.17) is 0 Å². The van der Waals surface area contributed by atoms with Crippen molar-refractivity contribution >= 4 is 10.9 Å². The molecular weight excluding hydrogens is 188 g/mol. The van der Waals surface area contributed by atoms with Gasteiger partial charge in [0.25, 0.3) is 0 Å². The fourth-order valence-electron chi connectivity index (χ4n) is 1.43. The molecule has 1 unspecified atom stereocenters. The van der Waals surface area contributed by atoms with Gasteiger partial charge in [0.2, 0.25) is 0 Å². The van der Waals surface area contributed by atoms with Crippen LogP contribution in [-0.4, -0.2) is 11.5 Å². The Kier molecular flexibility index (Phi) is 5.77. The first kappa shape index (κ1) is 11.6. The van der Waals surface area contributed by atoms with Gasteiger partial charge in [-0.2, -0.15) is 0 Å². The summed E-state index contributed by atoms with van der Waals surface area (Å²) in [6.45, 7) is 2.25. The van der Waals surface area contributed by atoms with Gasteiger partial charge in [-0.15, -0.1) is 0 Å². The van der Waals surface area contributed by atoms with Crippen molar-refractivity contribution in [3.8, 4) is 0 Å². The normalized spacial score (nSPS) is 14.0. The lowest BCUT2D eigenvalue weighted by atomic mass is 10.2. The second kappa shape index (κ2) is 6.94. The average molecular weight is 209 g/mol. The van der Waals surface area contributed by atoms with Crippen LogP contribution in [0, 0.1) is 6.26 Å². The van der Waals surface area contributed by atoms with Gasteiger partial charge in [0.1, 0.15) is 0 Å². The van der Waals surface area contributed by atoms with E-state index in [1.807, 2.05) is 0 Å². The first-order chi connectivity index (χ1) is 6.83. The van der Waals surface area contributed by atoms with Crippen molar-refractivity contribution in [1.29, 1.82) is 0 Å². The fraction of sp³-hybridized carbons (Fsp3) is 0.462. The average Bonchev–Trinajstić information content (AvgIpc) is 2.25. The molecule has 1 radical (unpaired) electrons. The van der Waals surface area contributed by atoms with E-state index in [2.05, 4.69) is 43.5 Å². The number of aryl methyl sites for hydroxylation is 1. The van der Waals surface area contributed by atoms with Gasteiger partial charge in [0.15, 0.2) is 0 Å². The van der Waals surface area contributed by atoms with Gasteiger partial charge < -0.3 is 0 Å². The molecule has 1 heteroatoms. The minimum absolute atomic E-state index is 0.0399. The molecule has 0 saturated carbocycles. The summed E-state index contributed by atoms with van der Waals surface area (Å²) in [4.78, 5) is 0. The lowest BCUT2D eigenvalue weighted by Crippen LogP contribution is -1.95. The maximum absolute atomic E-state index is 4.26.